The van der Waals surface area contributed by atoms with Crippen LogP contribution in [0.5, 0.6) is 0 Å². The van der Waals surface area contributed by atoms with Crippen LogP contribution in [0.4, 0.5) is 5.82 Å². The first-order valence-corrected chi connectivity index (χ1v) is 6.18. The lowest BCUT2D eigenvalue weighted by Crippen LogP contribution is -2.13. The van der Waals surface area contributed by atoms with Gasteiger partial charge >= 0.3 is 0 Å². The van der Waals surface area contributed by atoms with E-state index in [9.17, 15) is 0 Å². The average Bonchev–Trinajstić information content (AvgIpc) is 2.27. The molecule has 5 heteroatoms. The molecule has 0 aliphatic rings. The maximum Gasteiger partial charge on any atom is 0.147 e. The number of nitrogens with zero attached hydrogens (tertiary/aromatic N) is 2. The number of aryl methyl sites for hydroxylation is 1. The summed E-state index contributed by atoms with van der Waals surface area (Å²) in [4.78, 5) is 8.81. The Hall–Kier alpha value is -0.810. The molecular weight excluding hydrogens is 208 g/mol. The Bertz CT molecular complexity index is 327. The largest absolute Gasteiger partial charge is 0.308 e. The third-order valence-electron chi connectivity index (χ3n) is 2.04. The molecule has 0 fully saturated rings. The number of anilines is 1. The summed E-state index contributed by atoms with van der Waals surface area (Å²) in [7, 11) is 0. The monoisotopic (exact) mass is 226 g/mol. The van der Waals surface area contributed by atoms with E-state index < -0.39 is 0 Å². The first-order chi connectivity index (χ1) is 7.22. The van der Waals surface area contributed by atoms with Crippen LogP contribution < -0.4 is 11.3 Å². The van der Waals surface area contributed by atoms with Crippen molar-refractivity contribution in [3.63, 3.8) is 0 Å². The lowest BCUT2D eigenvalue weighted by Gasteiger charge is -2.10. The number of thioether (sulfide) groups is 1. The molecule has 0 aliphatic carbocycles. The van der Waals surface area contributed by atoms with Crippen LogP contribution in [0.3, 0.4) is 0 Å². The fraction of sp³-hybridized carbons (Fsp3) is 0.600. The van der Waals surface area contributed by atoms with Crippen LogP contribution in [-0.4, -0.2) is 15.7 Å². The van der Waals surface area contributed by atoms with Gasteiger partial charge in [-0.1, -0.05) is 13.8 Å². The average molecular weight is 226 g/mol. The fourth-order valence-corrected chi connectivity index (χ4v) is 2.06. The van der Waals surface area contributed by atoms with Gasteiger partial charge in [-0.15, -0.1) is 11.8 Å². The second kappa shape index (κ2) is 5.92. The van der Waals surface area contributed by atoms with Crippen LogP contribution in [0.25, 0.3) is 0 Å². The molecule has 1 aromatic rings. The van der Waals surface area contributed by atoms with Crippen LogP contribution in [0, 0.1) is 6.92 Å². The van der Waals surface area contributed by atoms with E-state index in [4.69, 9.17) is 5.84 Å². The molecule has 0 aromatic carbocycles. The molecular formula is C10H18N4S. The summed E-state index contributed by atoms with van der Waals surface area (Å²) in [5, 5.41) is 1.04. The van der Waals surface area contributed by atoms with Crippen LogP contribution >= 0.6 is 11.8 Å². The zero-order valence-electron chi connectivity index (χ0n) is 9.50. The van der Waals surface area contributed by atoms with E-state index in [1.165, 1.54) is 0 Å². The number of nitrogens with one attached hydrogen (secondary N) is 1. The van der Waals surface area contributed by atoms with Crippen LogP contribution in [-0.2, 0) is 6.42 Å². The van der Waals surface area contributed by atoms with Gasteiger partial charge in [0.25, 0.3) is 0 Å². The van der Waals surface area contributed by atoms with Gasteiger partial charge in [0.05, 0.1) is 0 Å². The first kappa shape index (κ1) is 12.3. The van der Waals surface area contributed by atoms with Crippen molar-refractivity contribution in [1.29, 1.82) is 0 Å². The van der Waals surface area contributed by atoms with E-state index in [1.54, 1.807) is 11.8 Å². The highest BCUT2D eigenvalue weighted by Gasteiger charge is 2.09. The zero-order chi connectivity index (χ0) is 11.3. The Morgan fingerprint density at radius 2 is 2.07 bits per heavy atom. The van der Waals surface area contributed by atoms with Crippen LogP contribution in [0.1, 0.15) is 31.7 Å². The van der Waals surface area contributed by atoms with Crippen LogP contribution in [0.15, 0.2) is 5.03 Å². The van der Waals surface area contributed by atoms with Crippen molar-refractivity contribution in [3.8, 4) is 0 Å². The third kappa shape index (κ3) is 3.07. The maximum atomic E-state index is 5.42. The number of nitrogens with two attached hydrogens (primary N) is 1. The molecule has 1 rings (SSSR count). The highest BCUT2D eigenvalue weighted by Crippen LogP contribution is 2.25. The summed E-state index contributed by atoms with van der Waals surface area (Å²) < 4.78 is 0. The number of hydrazine groups is 1. The quantitative estimate of drug-likeness (QED) is 0.348. The van der Waals surface area contributed by atoms with Gasteiger partial charge in [-0.05, 0) is 19.1 Å². The minimum atomic E-state index is 0.737. The summed E-state index contributed by atoms with van der Waals surface area (Å²) in [5.74, 6) is 8.07. The smallest absolute Gasteiger partial charge is 0.147 e. The Labute approximate surface area is 95.0 Å². The topological polar surface area (TPSA) is 63.8 Å². The van der Waals surface area contributed by atoms with E-state index in [1.807, 2.05) is 13.8 Å². The molecule has 0 saturated carbocycles. The van der Waals surface area contributed by atoms with Gasteiger partial charge in [0.1, 0.15) is 16.7 Å². The third-order valence-corrected chi connectivity index (χ3v) is 3.33. The lowest BCUT2D eigenvalue weighted by molar-refractivity contribution is 0.870. The van der Waals surface area contributed by atoms with E-state index in [-0.39, 0.29) is 0 Å². The van der Waals surface area contributed by atoms with E-state index >= 15 is 0 Å². The summed E-state index contributed by atoms with van der Waals surface area (Å²) in [6.45, 7) is 6.19. The number of hydrogen-bond acceptors (Lipinski definition) is 5. The maximum absolute atomic E-state index is 5.42. The highest BCUT2D eigenvalue weighted by atomic mass is 32.2. The summed E-state index contributed by atoms with van der Waals surface area (Å²) in [6, 6.07) is 0. The second-order valence-corrected chi connectivity index (χ2v) is 4.35. The zero-order valence-corrected chi connectivity index (χ0v) is 10.3. The molecule has 1 aromatic heterocycles. The molecule has 0 spiro atoms. The summed E-state index contributed by atoms with van der Waals surface area (Å²) in [5.41, 5.74) is 3.66. The molecule has 0 unspecified atom stereocenters. The molecule has 0 aliphatic heterocycles. The fourth-order valence-electron chi connectivity index (χ4n) is 1.18. The molecule has 3 N–H and O–H groups in total. The molecule has 4 nitrogen and oxygen atoms in total. The van der Waals surface area contributed by atoms with Crippen molar-refractivity contribution >= 4 is 17.6 Å². The number of hydrogen-bond donors (Lipinski definition) is 2. The number of rotatable bonds is 5. The lowest BCUT2D eigenvalue weighted by atomic mass is 10.3. The van der Waals surface area contributed by atoms with Gasteiger partial charge in [-0.25, -0.2) is 15.8 Å². The van der Waals surface area contributed by atoms with Gasteiger partial charge in [-0.2, -0.15) is 0 Å². The molecule has 0 atom stereocenters. The Kier molecular flexibility index (Phi) is 4.84. The van der Waals surface area contributed by atoms with Crippen molar-refractivity contribution in [2.45, 2.75) is 38.6 Å². The minimum absolute atomic E-state index is 0.737. The van der Waals surface area contributed by atoms with Gasteiger partial charge in [0.2, 0.25) is 0 Å². The van der Waals surface area contributed by atoms with Gasteiger partial charge < -0.3 is 5.43 Å². The molecule has 0 saturated heterocycles. The van der Waals surface area contributed by atoms with Crippen LogP contribution in [0.2, 0.25) is 0 Å². The van der Waals surface area contributed by atoms with Crippen molar-refractivity contribution < 1.29 is 0 Å². The predicted octanol–water partition coefficient (Wildman–Crippen LogP) is 2.14. The standard InChI is InChI=1S/C10H18N4S/c1-4-6-15-10-7(3)9(14-11)12-8(5-2)13-10/h4-6,11H2,1-3H3,(H,12,13,14). The van der Waals surface area contributed by atoms with E-state index in [0.717, 1.165) is 40.8 Å². The molecule has 0 radical (unpaired) electrons. The van der Waals surface area contributed by atoms with Gasteiger partial charge in [0.15, 0.2) is 0 Å². The second-order valence-electron chi connectivity index (χ2n) is 3.26. The van der Waals surface area contributed by atoms with Crippen molar-refractivity contribution in [3.05, 3.63) is 11.4 Å². The summed E-state index contributed by atoms with van der Waals surface area (Å²) in [6.07, 6.45) is 1.97. The molecule has 0 bridgehead atoms. The Morgan fingerprint density at radius 3 is 2.60 bits per heavy atom. The van der Waals surface area contributed by atoms with Crippen molar-refractivity contribution in [2.24, 2.45) is 5.84 Å². The van der Waals surface area contributed by atoms with Gasteiger partial charge in [-0.3, -0.25) is 0 Å². The predicted molar refractivity (Wildman–Crippen MR) is 65.0 cm³/mol. The first-order valence-electron chi connectivity index (χ1n) is 5.19. The molecule has 0 amide bonds. The normalized spacial score (nSPS) is 10.4. The molecule has 1 heterocycles. The van der Waals surface area contributed by atoms with Crippen molar-refractivity contribution in [1.82, 2.24) is 9.97 Å². The SMILES string of the molecule is CCCSc1nc(CC)nc(NN)c1C. The Morgan fingerprint density at radius 1 is 1.33 bits per heavy atom. The summed E-state index contributed by atoms with van der Waals surface area (Å²) >= 11 is 1.76. The highest BCUT2D eigenvalue weighted by molar-refractivity contribution is 7.99. The molecule has 15 heavy (non-hydrogen) atoms. The van der Waals surface area contributed by atoms with E-state index in [2.05, 4.69) is 22.3 Å². The van der Waals surface area contributed by atoms with Crippen molar-refractivity contribution in [2.75, 3.05) is 11.2 Å². The number of nitrogen functional groups attached to an aromatic ring is 1. The molecule has 84 valence electrons. The number of aromatic nitrogens is 2. The van der Waals surface area contributed by atoms with Gasteiger partial charge in [0, 0.05) is 12.0 Å². The van der Waals surface area contributed by atoms with E-state index in [0.29, 0.717) is 0 Å². The minimum Gasteiger partial charge on any atom is -0.308 e. The Balaban J connectivity index is 3.01.